The minimum absolute atomic E-state index is 0.225. The third-order valence-corrected chi connectivity index (χ3v) is 2.87. The zero-order valence-electron chi connectivity index (χ0n) is 10.5. The Hall–Kier alpha value is -2.63. The molecule has 3 aromatic rings. The third kappa shape index (κ3) is 2.33. The molecule has 0 aliphatic heterocycles. The molecule has 0 radical (unpaired) electrons. The summed E-state index contributed by atoms with van der Waals surface area (Å²) in [7, 11) is 0. The molecule has 2 heterocycles. The number of nitrogen functional groups attached to an aromatic ring is 1. The highest BCUT2D eigenvalue weighted by molar-refractivity contribution is 5.86. The van der Waals surface area contributed by atoms with Crippen molar-refractivity contribution in [2.24, 2.45) is 0 Å². The van der Waals surface area contributed by atoms with Gasteiger partial charge in [0.25, 0.3) is 0 Å². The van der Waals surface area contributed by atoms with E-state index in [0.29, 0.717) is 18.0 Å². The summed E-state index contributed by atoms with van der Waals surface area (Å²) in [4.78, 5) is 8.28. The Labute approximate surface area is 110 Å². The van der Waals surface area contributed by atoms with E-state index in [-0.39, 0.29) is 5.95 Å². The van der Waals surface area contributed by atoms with Gasteiger partial charge in [-0.2, -0.15) is 15.1 Å². The maximum Gasteiger partial charge on any atom is 0.224 e. The summed E-state index contributed by atoms with van der Waals surface area (Å²) < 4.78 is 0. The fraction of sp³-hybridized carbons (Fsp3) is 0.154. The summed E-state index contributed by atoms with van der Waals surface area (Å²) in [6.45, 7) is 2.75. The van der Waals surface area contributed by atoms with Crippen LogP contribution in [0.3, 0.4) is 0 Å². The van der Waals surface area contributed by atoms with Crippen molar-refractivity contribution in [3.05, 3.63) is 41.6 Å². The van der Waals surface area contributed by atoms with Gasteiger partial charge in [-0.05, 0) is 12.5 Å². The maximum absolute atomic E-state index is 5.67. The van der Waals surface area contributed by atoms with Gasteiger partial charge in [0.05, 0.1) is 11.6 Å². The Morgan fingerprint density at radius 1 is 1.32 bits per heavy atom. The first-order valence-electron chi connectivity index (χ1n) is 5.98. The standard InChI is InChI=1S/C13H14N6/c1-8-3-2-4-9(5-8)6-15-11-10-7-16-19-12(10)18-13(14)17-11/h2-5,7H,6H2,1H3,(H4,14,15,16,17,18,19). The van der Waals surface area contributed by atoms with Gasteiger partial charge in [0.1, 0.15) is 5.82 Å². The van der Waals surface area contributed by atoms with Gasteiger partial charge in [-0.3, -0.25) is 5.10 Å². The lowest BCUT2D eigenvalue weighted by Crippen LogP contribution is -2.05. The molecule has 2 aromatic heterocycles. The number of aryl methyl sites for hydroxylation is 1. The number of aromatic nitrogens is 4. The summed E-state index contributed by atoms with van der Waals surface area (Å²) in [6, 6.07) is 8.30. The monoisotopic (exact) mass is 254 g/mol. The van der Waals surface area contributed by atoms with Crippen molar-refractivity contribution in [1.82, 2.24) is 20.2 Å². The molecule has 0 bridgehead atoms. The van der Waals surface area contributed by atoms with Crippen molar-refractivity contribution in [3.63, 3.8) is 0 Å². The Morgan fingerprint density at radius 3 is 3.05 bits per heavy atom. The zero-order valence-corrected chi connectivity index (χ0v) is 10.5. The Morgan fingerprint density at radius 2 is 2.21 bits per heavy atom. The van der Waals surface area contributed by atoms with Crippen molar-refractivity contribution in [2.75, 3.05) is 11.1 Å². The summed E-state index contributed by atoms with van der Waals surface area (Å²) in [6.07, 6.45) is 1.69. The van der Waals surface area contributed by atoms with Crippen LogP contribution in [-0.4, -0.2) is 20.2 Å². The van der Waals surface area contributed by atoms with Gasteiger partial charge in [0.2, 0.25) is 5.95 Å². The van der Waals surface area contributed by atoms with Gasteiger partial charge >= 0.3 is 0 Å². The number of anilines is 2. The van der Waals surface area contributed by atoms with E-state index in [0.717, 1.165) is 5.39 Å². The Kier molecular flexibility index (Phi) is 2.75. The summed E-state index contributed by atoms with van der Waals surface area (Å²) in [5.41, 5.74) is 8.73. The number of benzene rings is 1. The van der Waals surface area contributed by atoms with E-state index >= 15 is 0 Å². The van der Waals surface area contributed by atoms with Crippen molar-refractivity contribution >= 4 is 22.8 Å². The van der Waals surface area contributed by atoms with Gasteiger partial charge in [-0.1, -0.05) is 29.8 Å². The number of hydrogen-bond acceptors (Lipinski definition) is 5. The van der Waals surface area contributed by atoms with E-state index in [2.05, 4.69) is 50.6 Å². The lowest BCUT2D eigenvalue weighted by atomic mass is 10.1. The van der Waals surface area contributed by atoms with Crippen LogP contribution < -0.4 is 11.1 Å². The lowest BCUT2D eigenvalue weighted by molar-refractivity contribution is 1.08. The molecular formula is C13H14N6. The quantitative estimate of drug-likeness (QED) is 0.663. The highest BCUT2D eigenvalue weighted by atomic mass is 15.2. The molecule has 6 nitrogen and oxygen atoms in total. The van der Waals surface area contributed by atoms with Crippen LogP contribution in [0, 0.1) is 6.92 Å². The van der Waals surface area contributed by atoms with Gasteiger partial charge in [0, 0.05) is 6.54 Å². The number of aromatic amines is 1. The SMILES string of the molecule is Cc1cccc(CNc2nc(N)nc3[nH]ncc23)c1. The average Bonchev–Trinajstić information content (AvgIpc) is 2.84. The third-order valence-electron chi connectivity index (χ3n) is 2.87. The fourth-order valence-corrected chi connectivity index (χ4v) is 1.99. The van der Waals surface area contributed by atoms with E-state index < -0.39 is 0 Å². The van der Waals surface area contributed by atoms with Crippen LogP contribution in [-0.2, 0) is 6.54 Å². The number of nitrogens with two attached hydrogens (primary N) is 1. The van der Waals surface area contributed by atoms with Crippen molar-refractivity contribution in [3.8, 4) is 0 Å². The molecule has 19 heavy (non-hydrogen) atoms. The van der Waals surface area contributed by atoms with Gasteiger partial charge < -0.3 is 11.1 Å². The first-order valence-corrected chi connectivity index (χ1v) is 5.98. The molecule has 0 fully saturated rings. The summed E-state index contributed by atoms with van der Waals surface area (Å²) >= 11 is 0. The molecule has 0 saturated carbocycles. The molecule has 0 amide bonds. The lowest BCUT2D eigenvalue weighted by Gasteiger charge is -2.07. The van der Waals surface area contributed by atoms with Crippen LogP contribution in [0.1, 0.15) is 11.1 Å². The maximum atomic E-state index is 5.67. The fourth-order valence-electron chi connectivity index (χ4n) is 1.99. The molecule has 4 N–H and O–H groups in total. The van der Waals surface area contributed by atoms with Crippen molar-refractivity contribution in [1.29, 1.82) is 0 Å². The Bertz CT molecular complexity index is 718. The first kappa shape index (κ1) is 11.5. The van der Waals surface area contributed by atoms with Gasteiger partial charge in [-0.25, -0.2) is 0 Å². The first-order chi connectivity index (χ1) is 9.22. The molecular weight excluding hydrogens is 240 g/mol. The van der Waals surface area contributed by atoms with E-state index in [1.54, 1.807) is 6.20 Å². The van der Waals surface area contributed by atoms with Crippen LogP contribution in [0.4, 0.5) is 11.8 Å². The molecule has 3 rings (SSSR count). The second-order valence-electron chi connectivity index (χ2n) is 4.41. The number of H-pyrrole nitrogens is 1. The number of hydrogen-bond donors (Lipinski definition) is 3. The number of rotatable bonds is 3. The zero-order chi connectivity index (χ0) is 13.2. The van der Waals surface area contributed by atoms with Crippen LogP contribution in [0.25, 0.3) is 11.0 Å². The van der Waals surface area contributed by atoms with Crippen molar-refractivity contribution in [2.45, 2.75) is 13.5 Å². The molecule has 1 aromatic carbocycles. The Balaban J connectivity index is 1.87. The van der Waals surface area contributed by atoms with E-state index in [4.69, 9.17) is 5.73 Å². The van der Waals surface area contributed by atoms with Crippen LogP contribution >= 0.6 is 0 Å². The van der Waals surface area contributed by atoms with E-state index in [9.17, 15) is 0 Å². The normalized spacial score (nSPS) is 10.8. The smallest absolute Gasteiger partial charge is 0.224 e. The average molecular weight is 254 g/mol. The minimum atomic E-state index is 0.225. The molecule has 0 spiro atoms. The van der Waals surface area contributed by atoms with Crippen LogP contribution in [0.15, 0.2) is 30.5 Å². The second kappa shape index (κ2) is 4.56. The summed E-state index contributed by atoms with van der Waals surface area (Å²) in [5, 5.41) is 10.8. The largest absolute Gasteiger partial charge is 0.368 e. The van der Waals surface area contributed by atoms with E-state index in [1.165, 1.54) is 11.1 Å². The molecule has 0 saturated heterocycles. The summed E-state index contributed by atoms with van der Waals surface area (Å²) in [5.74, 6) is 0.918. The van der Waals surface area contributed by atoms with Gasteiger partial charge in [0.15, 0.2) is 5.65 Å². The predicted molar refractivity (Wildman–Crippen MR) is 74.6 cm³/mol. The second-order valence-corrected chi connectivity index (χ2v) is 4.41. The highest BCUT2D eigenvalue weighted by Gasteiger charge is 2.07. The number of fused-ring (bicyclic) bond motifs is 1. The number of nitrogens with zero attached hydrogens (tertiary/aromatic N) is 3. The molecule has 96 valence electrons. The molecule has 0 unspecified atom stereocenters. The van der Waals surface area contributed by atoms with Crippen LogP contribution in [0.5, 0.6) is 0 Å². The molecule has 0 aliphatic rings. The topological polar surface area (TPSA) is 92.5 Å². The highest BCUT2D eigenvalue weighted by Crippen LogP contribution is 2.19. The predicted octanol–water partition coefficient (Wildman–Crippen LogP) is 1.86. The molecule has 6 heteroatoms. The van der Waals surface area contributed by atoms with E-state index in [1.807, 2.05) is 6.07 Å². The minimum Gasteiger partial charge on any atom is -0.368 e. The molecule has 0 atom stereocenters. The number of nitrogens with one attached hydrogen (secondary N) is 2. The van der Waals surface area contributed by atoms with Crippen LogP contribution in [0.2, 0.25) is 0 Å². The van der Waals surface area contributed by atoms with Crippen molar-refractivity contribution < 1.29 is 0 Å². The van der Waals surface area contributed by atoms with Gasteiger partial charge in [-0.15, -0.1) is 0 Å². The molecule has 0 aliphatic carbocycles.